The Morgan fingerprint density at radius 3 is 3.12 bits per heavy atom. The van der Waals surface area contributed by atoms with E-state index >= 15 is 0 Å². The summed E-state index contributed by atoms with van der Waals surface area (Å²) in [5.74, 6) is 1.81. The van der Waals surface area contributed by atoms with Crippen LogP contribution in [-0.2, 0) is 13.0 Å². The summed E-state index contributed by atoms with van der Waals surface area (Å²) in [6, 6.07) is 0. The van der Waals surface area contributed by atoms with E-state index in [4.69, 9.17) is 5.73 Å². The van der Waals surface area contributed by atoms with Gasteiger partial charge >= 0.3 is 0 Å². The molecule has 4 nitrogen and oxygen atoms in total. The first-order chi connectivity index (χ1) is 8.13. The van der Waals surface area contributed by atoms with Gasteiger partial charge in [0.1, 0.15) is 12.2 Å². The average molecular weight is 236 g/mol. The first kappa shape index (κ1) is 12.6. The van der Waals surface area contributed by atoms with E-state index in [-0.39, 0.29) is 5.54 Å². The monoisotopic (exact) mass is 236 g/mol. The Bertz CT molecular complexity index is 360. The van der Waals surface area contributed by atoms with Gasteiger partial charge < -0.3 is 5.73 Å². The van der Waals surface area contributed by atoms with Gasteiger partial charge in [0.15, 0.2) is 0 Å². The first-order valence-corrected chi connectivity index (χ1v) is 6.78. The molecule has 96 valence electrons. The van der Waals surface area contributed by atoms with Crippen LogP contribution in [0.15, 0.2) is 6.33 Å². The standard InChI is InChI=1S/C13H24N4/c1-3-7-17-12(15-10-16-17)9-13(14)6-4-5-11(2)8-13/h10-11H,3-9,14H2,1-2H3. The van der Waals surface area contributed by atoms with Crippen molar-refractivity contribution in [3.8, 4) is 0 Å². The third-order valence-electron chi connectivity index (χ3n) is 3.77. The second-order valence-electron chi connectivity index (χ2n) is 5.64. The zero-order chi connectivity index (χ0) is 12.3. The van der Waals surface area contributed by atoms with Crippen molar-refractivity contribution >= 4 is 0 Å². The molecular formula is C13H24N4. The Balaban J connectivity index is 2.05. The van der Waals surface area contributed by atoms with Crippen LogP contribution >= 0.6 is 0 Å². The van der Waals surface area contributed by atoms with Crippen LogP contribution in [0.2, 0.25) is 0 Å². The second-order valence-corrected chi connectivity index (χ2v) is 5.64. The highest BCUT2D eigenvalue weighted by atomic mass is 15.3. The van der Waals surface area contributed by atoms with Crippen molar-refractivity contribution in [1.82, 2.24) is 14.8 Å². The quantitative estimate of drug-likeness (QED) is 0.871. The fourth-order valence-corrected chi connectivity index (χ4v) is 3.00. The predicted octanol–water partition coefficient (Wildman–Crippen LogP) is 2.14. The zero-order valence-corrected chi connectivity index (χ0v) is 11.0. The smallest absolute Gasteiger partial charge is 0.138 e. The predicted molar refractivity (Wildman–Crippen MR) is 68.6 cm³/mol. The minimum absolute atomic E-state index is 0.0593. The molecule has 1 aromatic heterocycles. The molecule has 0 radical (unpaired) electrons. The first-order valence-electron chi connectivity index (χ1n) is 6.78. The van der Waals surface area contributed by atoms with Gasteiger partial charge in [0.25, 0.3) is 0 Å². The summed E-state index contributed by atoms with van der Waals surface area (Å²) in [5.41, 5.74) is 6.47. The molecule has 1 heterocycles. The molecule has 2 N–H and O–H groups in total. The maximum absolute atomic E-state index is 6.52. The van der Waals surface area contributed by atoms with Gasteiger partial charge in [-0.3, -0.25) is 4.68 Å². The van der Waals surface area contributed by atoms with E-state index in [0.29, 0.717) is 0 Å². The number of hydrogen-bond acceptors (Lipinski definition) is 3. The van der Waals surface area contributed by atoms with E-state index in [2.05, 4.69) is 23.9 Å². The molecule has 1 aromatic rings. The van der Waals surface area contributed by atoms with Crippen LogP contribution in [0, 0.1) is 5.92 Å². The lowest BCUT2D eigenvalue weighted by Gasteiger charge is -2.36. The molecular weight excluding hydrogens is 212 g/mol. The Labute approximate surface area is 104 Å². The fourth-order valence-electron chi connectivity index (χ4n) is 3.00. The summed E-state index contributed by atoms with van der Waals surface area (Å²) in [7, 11) is 0. The molecule has 0 aromatic carbocycles. The van der Waals surface area contributed by atoms with Crippen LogP contribution in [0.4, 0.5) is 0 Å². The van der Waals surface area contributed by atoms with Gasteiger partial charge in [-0.1, -0.05) is 26.7 Å². The third-order valence-corrected chi connectivity index (χ3v) is 3.77. The molecule has 1 saturated carbocycles. The number of aryl methyl sites for hydroxylation is 1. The number of hydrogen-bond donors (Lipinski definition) is 1. The van der Waals surface area contributed by atoms with E-state index in [1.807, 2.05) is 4.68 Å². The SMILES string of the molecule is CCCn1ncnc1CC1(N)CCCC(C)C1. The van der Waals surface area contributed by atoms with Crippen molar-refractivity contribution < 1.29 is 0 Å². The molecule has 0 bridgehead atoms. The molecule has 2 unspecified atom stereocenters. The van der Waals surface area contributed by atoms with E-state index in [1.54, 1.807) is 6.33 Å². The van der Waals surface area contributed by atoms with E-state index < -0.39 is 0 Å². The minimum atomic E-state index is -0.0593. The average Bonchev–Trinajstić information content (AvgIpc) is 2.65. The van der Waals surface area contributed by atoms with Crippen molar-refractivity contribution in [2.75, 3.05) is 0 Å². The van der Waals surface area contributed by atoms with Crippen LogP contribution in [-0.4, -0.2) is 20.3 Å². The van der Waals surface area contributed by atoms with Crippen molar-refractivity contribution in [2.24, 2.45) is 11.7 Å². The Hall–Kier alpha value is -0.900. The molecule has 2 rings (SSSR count). The van der Waals surface area contributed by atoms with E-state index in [0.717, 1.165) is 44.0 Å². The lowest BCUT2D eigenvalue weighted by Crippen LogP contribution is -2.46. The molecule has 0 spiro atoms. The summed E-state index contributed by atoms with van der Waals surface area (Å²) in [4.78, 5) is 4.37. The number of nitrogens with two attached hydrogens (primary N) is 1. The largest absolute Gasteiger partial charge is 0.325 e. The minimum Gasteiger partial charge on any atom is -0.325 e. The Morgan fingerprint density at radius 2 is 2.41 bits per heavy atom. The summed E-state index contributed by atoms with van der Waals surface area (Å²) < 4.78 is 2.01. The number of aromatic nitrogens is 3. The zero-order valence-electron chi connectivity index (χ0n) is 11.0. The van der Waals surface area contributed by atoms with Gasteiger partial charge in [-0.15, -0.1) is 0 Å². The summed E-state index contributed by atoms with van der Waals surface area (Å²) in [6.45, 7) is 5.41. The maximum atomic E-state index is 6.52. The lowest BCUT2D eigenvalue weighted by molar-refractivity contribution is 0.229. The molecule has 1 aliphatic rings. The highest BCUT2D eigenvalue weighted by Gasteiger charge is 2.32. The molecule has 0 amide bonds. The normalized spacial score (nSPS) is 29.5. The maximum Gasteiger partial charge on any atom is 0.138 e. The molecule has 1 aliphatic carbocycles. The van der Waals surface area contributed by atoms with Crippen LogP contribution < -0.4 is 5.73 Å². The fraction of sp³-hybridized carbons (Fsp3) is 0.846. The van der Waals surface area contributed by atoms with Gasteiger partial charge in [-0.05, 0) is 25.2 Å². The van der Waals surface area contributed by atoms with Crippen molar-refractivity contribution in [2.45, 2.75) is 64.5 Å². The molecule has 2 atom stereocenters. The van der Waals surface area contributed by atoms with E-state index in [1.165, 1.54) is 12.8 Å². The van der Waals surface area contributed by atoms with Crippen molar-refractivity contribution in [3.05, 3.63) is 12.2 Å². The van der Waals surface area contributed by atoms with E-state index in [9.17, 15) is 0 Å². The molecule has 1 fully saturated rings. The van der Waals surface area contributed by atoms with Gasteiger partial charge in [0.05, 0.1) is 0 Å². The lowest BCUT2D eigenvalue weighted by atomic mass is 9.75. The summed E-state index contributed by atoms with van der Waals surface area (Å²) in [5, 5.41) is 4.27. The van der Waals surface area contributed by atoms with Crippen LogP contribution in [0.25, 0.3) is 0 Å². The Morgan fingerprint density at radius 1 is 1.59 bits per heavy atom. The van der Waals surface area contributed by atoms with Crippen molar-refractivity contribution in [3.63, 3.8) is 0 Å². The van der Waals surface area contributed by atoms with Gasteiger partial charge in [-0.25, -0.2) is 4.98 Å². The molecule has 0 saturated heterocycles. The Kier molecular flexibility index (Phi) is 3.82. The van der Waals surface area contributed by atoms with Crippen LogP contribution in [0.5, 0.6) is 0 Å². The molecule has 0 aliphatic heterocycles. The van der Waals surface area contributed by atoms with Crippen molar-refractivity contribution in [1.29, 1.82) is 0 Å². The van der Waals surface area contributed by atoms with Crippen LogP contribution in [0.3, 0.4) is 0 Å². The van der Waals surface area contributed by atoms with Gasteiger partial charge in [0, 0.05) is 18.5 Å². The highest BCUT2D eigenvalue weighted by Crippen LogP contribution is 2.32. The topological polar surface area (TPSA) is 56.7 Å². The second kappa shape index (κ2) is 5.17. The number of rotatable bonds is 4. The summed E-state index contributed by atoms with van der Waals surface area (Å²) in [6.07, 6.45) is 8.42. The summed E-state index contributed by atoms with van der Waals surface area (Å²) >= 11 is 0. The number of nitrogens with zero attached hydrogens (tertiary/aromatic N) is 3. The molecule has 4 heteroatoms. The van der Waals surface area contributed by atoms with Crippen LogP contribution in [0.1, 0.15) is 51.8 Å². The highest BCUT2D eigenvalue weighted by molar-refractivity contribution is 5.00. The molecule has 17 heavy (non-hydrogen) atoms. The van der Waals surface area contributed by atoms with Gasteiger partial charge in [0.2, 0.25) is 0 Å². The van der Waals surface area contributed by atoms with Gasteiger partial charge in [-0.2, -0.15) is 5.10 Å². The third kappa shape index (κ3) is 3.06.